The number of rotatable bonds is 5. The summed E-state index contributed by atoms with van der Waals surface area (Å²) in [5.41, 5.74) is 2.29. The molecule has 1 saturated carbocycles. The van der Waals surface area contributed by atoms with Crippen LogP contribution in [0.4, 0.5) is 0 Å². The van der Waals surface area contributed by atoms with Gasteiger partial charge in [0, 0.05) is 19.0 Å². The first kappa shape index (κ1) is 23.2. The third-order valence-corrected chi connectivity index (χ3v) is 7.11. The lowest BCUT2D eigenvalue weighted by Gasteiger charge is -2.44. The first-order chi connectivity index (χ1) is 12.2. The van der Waals surface area contributed by atoms with Gasteiger partial charge in [-0.1, -0.05) is 41.9 Å². The van der Waals surface area contributed by atoms with Crippen molar-refractivity contribution in [3.8, 4) is 11.5 Å². The summed E-state index contributed by atoms with van der Waals surface area (Å²) >= 11 is 7.25. The van der Waals surface area contributed by atoms with Crippen LogP contribution in [0.1, 0.15) is 32.3 Å². The van der Waals surface area contributed by atoms with E-state index >= 15 is 0 Å². The van der Waals surface area contributed by atoms with E-state index in [0.29, 0.717) is 23.0 Å². The van der Waals surface area contributed by atoms with Crippen molar-refractivity contribution in [3.05, 3.63) is 34.3 Å². The Bertz CT molecular complexity index is 628. The van der Waals surface area contributed by atoms with Crippen molar-refractivity contribution >= 4 is 38.3 Å². The molecule has 0 amide bonds. The predicted octanol–water partition coefficient (Wildman–Crippen LogP) is 5.55. The Kier molecular flexibility index (Phi) is 9.34. The summed E-state index contributed by atoms with van der Waals surface area (Å²) in [6.45, 7) is 9.27. The lowest BCUT2D eigenvalue weighted by molar-refractivity contribution is -0.120. The fourth-order valence-corrected chi connectivity index (χ4v) is 4.32. The number of alkyl halides is 1. The van der Waals surface area contributed by atoms with Gasteiger partial charge in [-0.25, -0.2) is 0 Å². The minimum atomic E-state index is 0.0775. The Balaban J connectivity index is 0.00000105. The molecule has 2 rings (SSSR count). The molecule has 1 unspecified atom stereocenters. The summed E-state index contributed by atoms with van der Waals surface area (Å²) < 4.78 is 15.6. The van der Waals surface area contributed by atoms with Gasteiger partial charge in [0.05, 0.1) is 11.6 Å². The molecule has 26 heavy (non-hydrogen) atoms. The molecule has 0 aliphatic heterocycles. The lowest BCUT2D eigenvalue weighted by atomic mass is 9.64. The van der Waals surface area contributed by atoms with Crippen molar-refractivity contribution < 1.29 is 19.0 Å². The van der Waals surface area contributed by atoms with Gasteiger partial charge in [-0.15, -0.1) is 0 Å². The number of halogens is 2. The van der Waals surface area contributed by atoms with Gasteiger partial charge in [-0.3, -0.25) is 4.79 Å². The van der Waals surface area contributed by atoms with Crippen LogP contribution in [0.2, 0.25) is 0 Å². The number of carbonyl (C=O) groups is 1. The SMILES string of the molecule is C=C1CCC(Br)C(C)(C)[C@@H]1Cc1cc(OC)c(Br)cc1OC=O.COC. The maximum Gasteiger partial charge on any atom is 0.298 e. The lowest BCUT2D eigenvalue weighted by Crippen LogP contribution is -2.39. The molecule has 6 heteroatoms. The number of hydrogen-bond donors (Lipinski definition) is 0. The van der Waals surface area contributed by atoms with Crippen LogP contribution in [0.5, 0.6) is 11.5 Å². The molecule has 146 valence electrons. The molecule has 0 radical (unpaired) electrons. The Morgan fingerprint density at radius 2 is 1.88 bits per heavy atom. The number of methoxy groups -OCH3 is 2. The van der Waals surface area contributed by atoms with Gasteiger partial charge in [-0.2, -0.15) is 0 Å². The second kappa shape index (κ2) is 10.5. The van der Waals surface area contributed by atoms with E-state index in [0.717, 1.165) is 35.0 Å². The molecule has 0 bridgehead atoms. The van der Waals surface area contributed by atoms with E-state index < -0.39 is 0 Å². The molecule has 0 saturated heterocycles. The van der Waals surface area contributed by atoms with E-state index in [1.807, 2.05) is 6.07 Å². The van der Waals surface area contributed by atoms with Crippen molar-refractivity contribution in [2.24, 2.45) is 11.3 Å². The maximum atomic E-state index is 10.8. The van der Waals surface area contributed by atoms with Crippen molar-refractivity contribution in [1.82, 2.24) is 0 Å². The van der Waals surface area contributed by atoms with Gasteiger partial charge < -0.3 is 14.2 Å². The van der Waals surface area contributed by atoms with Crippen molar-refractivity contribution in [1.29, 1.82) is 0 Å². The van der Waals surface area contributed by atoms with Crippen LogP contribution in [-0.2, 0) is 16.0 Å². The van der Waals surface area contributed by atoms with E-state index in [-0.39, 0.29) is 5.41 Å². The number of allylic oxidation sites excluding steroid dienone is 1. The number of hydrogen-bond acceptors (Lipinski definition) is 4. The number of ether oxygens (including phenoxy) is 3. The van der Waals surface area contributed by atoms with E-state index in [2.05, 4.69) is 57.0 Å². The van der Waals surface area contributed by atoms with Crippen LogP contribution in [0.25, 0.3) is 0 Å². The Morgan fingerprint density at radius 1 is 1.27 bits per heavy atom. The Morgan fingerprint density at radius 3 is 2.42 bits per heavy atom. The second-order valence-corrected chi connectivity index (χ2v) is 8.92. The molecule has 1 aliphatic rings. The first-order valence-corrected chi connectivity index (χ1v) is 10.1. The zero-order valence-corrected chi connectivity index (χ0v) is 19.3. The van der Waals surface area contributed by atoms with Gasteiger partial charge in [0.1, 0.15) is 11.5 Å². The normalized spacial score (nSPS) is 21.4. The standard InChI is InChI=1S/C18H22Br2O3.C2H6O/c1-11-5-6-17(20)18(2,3)13(11)7-12-8-16(22-4)14(19)9-15(12)23-10-21;1-3-2/h8-10,13,17H,1,5-7H2,2-4H3;1-2H3/t13-,17?;/m1./s1. The molecule has 1 fully saturated rings. The molecule has 0 spiro atoms. The summed E-state index contributed by atoms with van der Waals surface area (Å²) in [5, 5.41) is 0. The molecule has 0 N–H and O–H groups in total. The van der Waals surface area contributed by atoms with Gasteiger partial charge in [0.25, 0.3) is 6.47 Å². The highest BCUT2D eigenvalue weighted by molar-refractivity contribution is 9.10. The third-order valence-electron chi connectivity index (χ3n) is 4.85. The monoisotopic (exact) mass is 490 g/mol. The van der Waals surface area contributed by atoms with Crippen LogP contribution in [0.15, 0.2) is 28.8 Å². The summed E-state index contributed by atoms with van der Waals surface area (Å²) in [5.74, 6) is 1.60. The van der Waals surface area contributed by atoms with Gasteiger partial charge in [0.15, 0.2) is 0 Å². The van der Waals surface area contributed by atoms with Crippen LogP contribution in [0.3, 0.4) is 0 Å². The zero-order valence-electron chi connectivity index (χ0n) is 16.1. The highest BCUT2D eigenvalue weighted by Gasteiger charge is 2.41. The fraction of sp³-hybridized carbons (Fsp3) is 0.550. The van der Waals surface area contributed by atoms with Crippen LogP contribution < -0.4 is 9.47 Å². The number of carbonyl (C=O) groups excluding carboxylic acids is 1. The van der Waals surface area contributed by atoms with E-state index in [1.54, 1.807) is 27.4 Å². The van der Waals surface area contributed by atoms with Gasteiger partial charge in [0.2, 0.25) is 0 Å². The van der Waals surface area contributed by atoms with Crippen LogP contribution >= 0.6 is 31.9 Å². The second-order valence-electron chi connectivity index (χ2n) is 6.96. The van der Waals surface area contributed by atoms with Gasteiger partial charge in [-0.05, 0) is 64.2 Å². The Hall–Kier alpha value is -0.850. The van der Waals surface area contributed by atoms with E-state index in [4.69, 9.17) is 9.47 Å². The molecular formula is C20H28Br2O4. The maximum absolute atomic E-state index is 10.8. The largest absolute Gasteiger partial charge is 0.496 e. The van der Waals surface area contributed by atoms with Crippen molar-refractivity contribution in [3.63, 3.8) is 0 Å². The number of benzene rings is 1. The first-order valence-electron chi connectivity index (χ1n) is 8.41. The predicted molar refractivity (Wildman–Crippen MR) is 112 cm³/mol. The summed E-state index contributed by atoms with van der Waals surface area (Å²) in [7, 11) is 4.88. The van der Waals surface area contributed by atoms with E-state index in [9.17, 15) is 4.79 Å². The summed E-state index contributed by atoms with van der Waals surface area (Å²) in [6, 6.07) is 3.72. The van der Waals surface area contributed by atoms with Crippen LogP contribution in [0, 0.1) is 11.3 Å². The minimum Gasteiger partial charge on any atom is -0.496 e. The molecule has 0 heterocycles. The van der Waals surface area contributed by atoms with Crippen molar-refractivity contribution in [2.75, 3.05) is 21.3 Å². The average Bonchev–Trinajstić information content (AvgIpc) is 2.58. The quantitative estimate of drug-likeness (QED) is 0.307. The summed E-state index contributed by atoms with van der Waals surface area (Å²) in [6.07, 6.45) is 2.88. The van der Waals surface area contributed by atoms with E-state index in [1.165, 1.54) is 5.57 Å². The molecule has 1 aromatic rings. The third kappa shape index (κ3) is 5.57. The topological polar surface area (TPSA) is 44.8 Å². The highest BCUT2D eigenvalue weighted by Crippen LogP contribution is 2.49. The average molecular weight is 492 g/mol. The molecule has 1 aliphatic carbocycles. The zero-order chi connectivity index (χ0) is 19.9. The molecule has 4 nitrogen and oxygen atoms in total. The van der Waals surface area contributed by atoms with Crippen LogP contribution in [-0.4, -0.2) is 32.6 Å². The molecular weight excluding hydrogens is 464 g/mol. The highest BCUT2D eigenvalue weighted by atomic mass is 79.9. The fourth-order valence-electron chi connectivity index (χ4n) is 3.28. The smallest absolute Gasteiger partial charge is 0.298 e. The minimum absolute atomic E-state index is 0.0775. The van der Waals surface area contributed by atoms with Gasteiger partial charge >= 0.3 is 0 Å². The summed E-state index contributed by atoms with van der Waals surface area (Å²) in [4.78, 5) is 11.3. The van der Waals surface area contributed by atoms with Crippen molar-refractivity contribution in [2.45, 2.75) is 37.9 Å². The molecule has 2 atom stereocenters. The molecule has 1 aromatic carbocycles. The Labute approximate surface area is 173 Å². The molecule has 0 aromatic heterocycles.